The highest BCUT2D eigenvalue weighted by atomic mass is 19.4. The Morgan fingerprint density at radius 1 is 0.534 bits per heavy atom. The quantitative estimate of drug-likeness (QED) is 0.134. The molecule has 0 fully saturated rings. The van der Waals surface area contributed by atoms with Gasteiger partial charge >= 0.3 is 12.7 Å². The smallest absolute Gasteiger partial charge is 0.440 e. The van der Waals surface area contributed by atoms with Crippen molar-refractivity contribution in [3.05, 3.63) is 120 Å². The van der Waals surface area contributed by atoms with Crippen LogP contribution in [-0.4, -0.2) is 44.8 Å². The van der Waals surface area contributed by atoms with Gasteiger partial charge in [0.25, 0.3) is 11.8 Å². The summed E-state index contributed by atoms with van der Waals surface area (Å²) in [6.07, 6.45) is -9.75. The number of aryl methyl sites for hydroxylation is 2. The fourth-order valence-corrected chi connectivity index (χ4v) is 5.44. The summed E-state index contributed by atoms with van der Waals surface area (Å²) >= 11 is 0. The molecule has 6 aromatic rings. The van der Waals surface area contributed by atoms with Gasteiger partial charge in [0, 0.05) is 11.1 Å². The van der Waals surface area contributed by atoms with Crippen molar-refractivity contribution in [3.63, 3.8) is 0 Å². The predicted molar refractivity (Wildman–Crippen MR) is 188 cm³/mol. The number of hydrogen-bond acceptors (Lipinski definition) is 14. The topological polar surface area (TPSA) is 158 Å². The van der Waals surface area contributed by atoms with Crippen LogP contribution in [0.3, 0.4) is 0 Å². The standard InChI is InChI=1S/2C19H14F3N3O4/c2*1-11-23-18(29-24-11)13-3-2-4-15(9-13)26-17-10-16(28-25-17)12-5-7-14(8-6-12)27-19(20,21)22/h2*2-9,16H,10H2,1H3/t2*16-/m10/s1. The SMILES string of the molecule is Cc1noc(-c2cccc(OC3=NO[C@@H](c4ccc(OC(F)(F)F)cc4)C3)c2)n1.Cc1noc(-c2cccc(OC3=NO[C@H](c4ccc(OC(F)(F)F)cc4)C3)c2)n1. The Labute approximate surface area is 323 Å². The van der Waals surface area contributed by atoms with E-state index in [1.54, 1.807) is 62.4 Å². The van der Waals surface area contributed by atoms with Crippen molar-refractivity contribution in [2.75, 3.05) is 0 Å². The van der Waals surface area contributed by atoms with Gasteiger partial charge in [0.1, 0.15) is 23.0 Å². The zero-order valence-corrected chi connectivity index (χ0v) is 30.0. The fraction of sp³-hybridized carbons (Fsp3) is 0.211. The molecule has 2 atom stereocenters. The summed E-state index contributed by atoms with van der Waals surface area (Å²) in [6, 6.07) is 24.9. The second-order valence-corrected chi connectivity index (χ2v) is 12.4. The third-order valence-electron chi connectivity index (χ3n) is 7.94. The lowest BCUT2D eigenvalue weighted by molar-refractivity contribution is -0.275. The van der Waals surface area contributed by atoms with E-state index in [2.05, 4.69) is 40.1 Å². The molecule has 0 saturated heterocycles. The van der Waals surface area contributed by atoms with Gasteiger partial charge in [0.05, 0.1) is 12.8 Å². The first-order chi connectivity index (χ1) is 27.7. The number of nitrogens with zero attached hydrogens (tertiary/aromatic N) is 6. The second kappa shape index (κ2) is 16.5. The number of halogens is 6. The van der Waals surface area contributed by atoms with Crippen LogP contribution in [0.5, 0.6) is 23.0 Å². The van der Waals surface area contributed by atoms with Crippen molar-refractivity contribution in [2.45, 2.75) is 51.6 Å². The molecule has 0 bridgehead atoms. The summed E-state index contributed by atoms with van der Waals surface area (Å²) in [4.78, 5) is 19.0. The zero-order valence-electron chi connectivity index (χ0n) is 30.0. The third-order valence-corrected chi connectivity index (χ3v) is 7.94. The Bertz CT molecular complexity index is 2230. The molecule has 0 unspecified atom stereocenters. The lowest BCUT2D eigenvalue weighted by Gasteiger charge is -2.11. The molecule has 4 heterocycles. The Morgan fingerprint density at radius 2 is 0.931 bits per heavy atom. The molecular weight excluding hydrogens is 782 g/mol. The van der Waals surface area contributed by atoms with E-state index in [-0.39, 0.29) is 11.5 Å². The first-order valence-electron chi connectivity index (χ1n) is 17.1. The highest BCUT2D eigenvalue weighted by Crippen LogP contribution is 2.33. The monoisotopic (exact) mass is 810 g/mol. The molecule has 4 aromatic carbocycles. The minimum atomic E-state index is -4.73. The summed E-state index contributed by atoms with van der Waals surface area (Å²) in [5.74, 6) is 2.88. The van der Waals surface area contributed by atoms with E-state index in [9.17, 15) is 26.3 Å². The number of oxime groups is 2. The third kappa shape index (κ3) is 10.6. The molecule has 2 aliphatic rings. The molecule has 300 valence electrons. The summed E-state index contributed by atoms with van der Waals surface area (Å²) < 4.78 is 103. The van der Waals surface area contributed by atoms with Crippen molar-refractivity contribution in [1.82, 2.24) is 20.3 Å². The van der Waals surface area contributed by atoms with Crippen LogP contribution in [0.15, 0.2) is 116 Å². The molecule has 20 heteroatoms. The van der Waals surface area contributed by atoms with Crippen LogP contribution in [0.1, 0.15) is 47.8 Å². The largest absolute Gasteiger partial charge is 0.573 e. The van der Waals surface area contributed by atoms with Gasteiger partial charge in [0.2, 0.25) is 11.8 Å². The Morgan fingerprint density at radius 3 is 1.28 bits per heavy atom. The molecular formula is C38H28F6N6O8. The fourth-order valence-electron chi connectivity index (χ4n) is 5.44. The maximum atomic E-state index is 12.2. The van der Waals surface area contributed by atoms with Crippen LogP contribution in [0, 0.1) is 13.8 Å². The average molecular weight is 811 g/mol. The van der Waals surface area contributed by atoms with Gasteiger partial charge in [-0.15, -0.1) is 26.3 Å². The average Bonchev–Trinajstić information content (AvgIpc) is 4.01. The first-order valence-corrected chi connectivity index (χ1v) is 17.1. The molecule has 0 aliphatic carbocycles. The van der Waals surface area contributed by atoms with Crippen molar-refractivity contribution in [1.29, 1.82) is 0 Å². The molecule has 2 aliphatic heterocycles. The van der Waals surface area contributed by atoms with Gasteiger partial charge in [-0.25, -0.2) is 0 Å². The molecule has 0 N–H and O–H groups in total. The van der Waals surface area contributed by atoms with E-state index >= 15 is 0 Å². The van der Waals surface area contributed by atoms with Gasteiger partial charge in [-0.3, -0.25) is 0 Å². The van der Waals surface area contributed by atoms with E-state index in [4.69, 9.17) is 28.2 Å². The Kier molecular flexibility index (Phi) is 11.2. The van der Waals surface area contributed by atoms with Gasteiger partial charge < -0.3 is 37.7 Å². The number of rotatable bonds is 8. The highest BCUT2D eigenvalue weighted by Gasteiger charge is 2.33. The number of hydrogen-bond donors (Lipinski definition) is 0. The summed E-state index contributed by atoms with van der Waals surface area (Å²) in [6.45, 7) is 3.44. The number of ether oxygens (including phenoxy) is 4. The van der Waals surface area contributed by atoms with Crippen LogP contribution in [0.25, 0.3) is 22.9 Å². The molecule has 14 nitrogen and oxygen atoms in total. The lowest BCUT2D eigenvalue weighted by Crippen LogP contribution is -2.17. The van der Waals surface area contributed by atoms with Gasteiger partial charge in [-0.2, -0.15) is 9.97 Å². The van der Waals surface area contributed by atoms with Crippen molar-refractivity contribution < 1.29 is 64.0 Å². The minimum absolute atomic E-state index is 0.301. The number of aromatic nitrogens is 4. The maximum Gasteiger partial charge on any atom is 0.573 e. The predicted octanol–water partition coefficient (Wildman–Crippen LogP) is 9.60. The van der Waals surface area contributed by atoms with E-state index in [1.165, 1.54) is 48.5 Å². The highest BCUT2D eigenvalue weighted by molar-refractivity contribution is 5.81. The van der Waals surface area contributed by atoms with Crippen LogP contribution < -0.4 is 18.9 Å². The second-order valence-electron chi connectivity index (χ2n) is 12.4. The van der Waals surface area contributed by atoms with Crippen molar-refractivity contribution in [3.8, 4) is 45.9 Å². The molecule has 58 heavy (non-hydrogen) atoms. The van der Waals surface area contributed by atoms with E-state index in [0.717, 1.165) is 0 Å². The molecule has 0 radical (unpaired) electrons. The van der Waals surface area contributed by atoms with Crippen LogP contribution in [-0.2, 0) is 9.68 Å². The van der Waals surface area contributed by atoms with Gasteiger partial charge in [-0.05, 0) is 85.6 Å². The van der Waals surface area contributed by atoms with Crippen LogP contribution in [0.4, 0.5) is 26.3 Å². The van der Waals surface area contributed by atoms with Crippen molar-refractivity contribution in [2.24, 2.45) is 10.3 Å². The Balaban J connectivity index is 0.000000177. The number of alkyl halides is 6. The van der Waals surface area contributed by atoms with Crippen molar-refractivity contribution >= 4 is 11.8 Å². The summed E-state index contributed by atoms with van der Waals surface area (Å²) in [5, 5.41) is 15.3. The maximum absolute atomic E-state index is 12.2. The van der Waals surface area contributed by atoms with Gasteiger partial charge in [-0.1, -0.05) is 57.0 Å². The first kappa shape index (κ1) is 39.1. The zero-order chi connectivity index (χ0) is 40.9. The Hall–Kier alpha value is -7.12. The van der Waals surface area contributed by atoms with Crippen LogP contribution >= 0.6 is 0 Å². The van der Waals surface area contributed by atoms with E-state index in [0.29, 0.717) is 81.8 Å². The minimum Gasteiger partial charge on any atom is -0.440 e. The molecule has 8 rings (SSSR count). The van der Waals surface area contributed by atoms with Crippen LogP contribution in [0.2, 0.25) is 0 Å². The summed E-state index contributed by atoms with van der Waals surface area (Å²) in [5.41, 5.74) is 2.69. The summed E-state index contributed by atoms with van der Waals surface area (Å²) in [7, 11) is 0. The normalized spacial score (nSPS) is 16.3. The number of benzene rings is 4. The van der Waals surface area contributed by atoms with E-state index < -0.39 is 24.9 Å². The lowest BCUT2D eigenvalue weighted by atomic mass is 10.1. The molecule has 0 spiro atoms. The van der Waals surface area contributed by atoms with E-state index in [1.807, 2.05) is 0 Å². The molecule has 2 aromatic heterocycles. The molecule has 0 saturated carbocycles. The molecule has 0 amide bonds. The van der Waals surface area contributed by atoms with Gasteiger partial charge in [0.15, 0.2) is 23.9 Å².